The predicted octanol–water partition coefficient (Wildman–Crippen LogP) is 3.84. The van der Waals surface area contributed by atoms with Gasteiger partial charge >= 0.3 is 0 Å². The van der Waals surface area contributed by atoms with Crippen molar-refractivity contribution < 1.29 is 4.74 Å². The summed E-state index contributed by atoms with van der Waals surface area (Å²) in [6, 6.07) is 12.1. The first-order valence-corrected chi connectivity index (χ1v) is 9.17. The highest BCUT2D eigenvalue weighted by atomic mass is 16.5. The van der Waals surface area contributed by atoms with Crippen LogP contribution in [-0.2, 0) is 4.74 Å². The molecule has 7 nitrogen and oxygen atoms in total. The third-order valence-electron chi connectivity index (χ3n) is 4.87. The Labute approximate surface area is 156 Å². The van der Waals surface area contributed by atoms with Crippen LogP contribution in [0.15, 0.2) is 48.8 Å². The van der Waals surface area contributed by atoms with Crippen molar-refractivity contribution in [2.24, 2.45) is 0 Å². The molecule has 1 atom stereocenters. The fraction of sp³-hybridized carbons (Fsp3) is 0.250. The van der Waals surface area contributed by atoms with E-state index in [0.717, 1.165) is 65.1 Å². The van der Waals surface area contributed by atoms with E-state index in [-0.39, 0.29) is 6.10 Å². The molecule has 4 aromatic rings. The number of benzene rings is 1. The molecule has 1 saturated heterocycles. The highest BCUT2D eigenvalue weighted by Gasteiger charge is 2.15. The Morgan fingerprint density at radius 2 is 2.11 bits per heavy atom. The second-order valence-corrected chi connectivity index (χ2v) is 6.71. The van der Waals surface area contributed by atoms with Crippen LogP contribution in [0, 0.1) is 0 Å². The molecular weight excluding hydrogens is 340 g/mol. The Morgan fingerprint density at radius 1 is 1.11 bits per heavy atom. The highest BCUT2D eigenvalue weighted by molar-refractivity contribution is 5.95. The summed E-state index contributed by atoms with van der Waals surface area (Å²) in [5.74, 6) is 1.61. The zero-order valence-electron chi connectivity index (χ0n) is 14.8. The van der Waals surface area contributed by atoms with E-state index in [1.165, 1.54) is 0 Å². The van der Waals surface area contributed by atoms with Gasteiger partial charge in [-0.1, -0.05) is 0 Å². The normalized spacial score (nSPS) is 16.8. The van der Waals surface area contributed by atoms with E-state index in [1.807, 2.05) is 30.5 Å². The minimum atomic E-state index is 0.281. The molecular formula is C20H20N6O. The third kappa shape index (κ3) is 3.17. The molecule has 1 aliphatic rings. The fourth-order valence-corrected chi connectivity index (χ4v) is 3.49. The quantitative estimate of drug-likeness (QED) is 0.501. The number of pyridine rings is 2. The molecule has 0 bridgehead atoms. The summed E-state index contributed by atoms with van der Waals surface area (Å²) >= 11 is 0. The zero-order chi connectivity index (χ0) is 18.1. The van der Waals surface area contributed by atoms with Crippen LogP contribution in [0.2, 0.25) is 0 Å². The molecule has 0 saturated carbocycles. The van der Waals surface area contributed by atoms with Gasteiger partial charge in [0.25, 0.3) is 0 Å². The number of ether oxygens (including phenoxy) is 1. The fourth-order valence-electron chi connectivity index (χ4n) is 3.49. The number of anilines is 3. The van der Waals surface area contributed by atoms with E-state index < -0.39 is 0 Å². The standard InChI is InChI=1S/C20H20N6O/c1-4-17-18(21-8-1)20(26-25-17)24-14-5-6-16-13(11-14)7-9-22-19(16)23-12-15-3-2-10-27-15/h1,4-9,11,15H,2-3,10,12H2,(H,22,23)(H2,24,25,26)/t15-/m1/s1. The van der Waals surface area contributed by atoms with Gasteiger partial charge in [0, 0.05) is 36.6 Å². The molecule has 3 aromatic heterocycles. The molecule has 0 unspecified atom stereocenters. The number of aromatic amines is 1. The number of rotatable bonds is 5. The van der Waals surface area contributed by atoms with Gasteiger partial charge in [-0.05, 0) is 54.6 Å². The Bertz CT molecular complexity index is 1090. The maximum atomic E-state index is 5.68. The van der Waals surface area contributed by atoms with Gasteiger partial charge in [0.15, 0.2) is 5.82 Å². The average molecular weight is 360 g/mol. The van der Waals surface area contributed by atoms with E-state index >= 15 is 0 Å². The summed E-state index contributed by atoms with van der Waals surface area (Å²) in [4.78, 5) is 8.89. The lowest BCUT2D eigenvalue weighted by Crippen LogP contribution is -2.19. The number of H-pyrrole nitrogens is 1. The molecule has 1 fully saturated rings. The number of hydrogen-bond donors (Lipinski definition) is 3. The number of nitrogens with zero attached hydrogens (tertiary/aromatic N) is 3. The maximum Gasteiger partial charge on any atom is 0.178 e. The van der Waals surface area contributed by atoms with Crippen LogP contribution in [-0.4, -0.2) is 39.4 Å². The minimum absolute atomic E-state index is 0.281. The topological polar surface area (TPSA) is 87.8 Å². The smallest absolute Gasteiger partial charge is 0.178 e. The second kappa shape index (κ2) is 6.85. The third-order valence-corrected chi connectivity index (χ3v) is 4.87. The Morgan fingerprint density at radius 3 is 3.04 bits per heavy atom. The molecule has 4 heterocycles. The van der Waals surface area contributed by atoms with Gasteiger partial charge in [-0.15, -0.1) is 0 Å². The van der Waals surface area contributed by atoms with E-state index in [1.54, 1.807) is 6.20 Å². The monoisotopic (exact) mass is 360 g/mol. The van der Waals surface area contributed by atoms with Crippen LogP contribution in [0.25, 0.3) is 21.8 Å². The SMILES string of the molecule is c1cnc2c(Nc3ccc4c(NC[C@H]5CCCO5)nccc4c3)n[nH]c2c1. The molecule has 5 rings (SSSR count). The molecule has 0 radical (unpaired) electrons. The van der Waals surface area contributed by atoms with Crippen LogP contribution in [0.3, 0.4) is 0 Å². The number of hydrogen-bond acceptors (Lipinski definition) is 6. The van der Waals surface area contributed by atoms with Gasteiger partial charge in [-0.3, -0.25) is 10.1 Å². The van der Waals surface area contributed by atoms with E-state index in [2.05, 4.69) is 42.9 Å². The molecule has 136 valence electrons. The predicted molar refractivity (Wildman–Crippen MR) is 106 cm³/mol. The Kier molecular flexibility index (Phi) is 4.06. The van der Waals surface area contributed by atoms with Crippen molar-refractivity contribution in [2.75, 3.05) is 23.8 Å². The molecule has 27 heavy (non-hydrogen) atoms. The zero-order valence-corrected chi connectivity index (χ0v) is 14.8. The molecule has 1 aliphatic heterocycles. The van der Waals surface area contributed by atoms with Crippen LogP contribution in [0.1, 0.15) is 12.8 Å². The van der Waals surface area contributed by atoms with Gasteiger partial charge in [-0.2, -0.15) is 5.10 Å². The van der Waals surface area contributed by atoms with Crippen LogP contribution in [0.4, 0.5) is 17.3 Å². The summed E-state index contributed by atoms with van der Waals surface area (Å²) in [6.07, 6.45) is 6.12. The average Bonchev–Trinajstić information content (AvgIpc) is 3.36. The van der Waals surface area contributed by atoms with Gasteiger partial charge < -0.3 is 15.4 Å². The highest BCUT2D eigenvalue weighted by Crippen LogP contribution is 2.27. The molecule has 0 spiro atoms. The second-order valence-electron chi connectivity index (χ2n) is 6.71. The lowest BCUT2D eigenvalue weighted by atomic mass is 10.1. The Balaban J connectivity index is 1.40. The largest absolute Gasteiger partial charge is 0.376 e. The van der Waals surface area contributed by atoms with Crippen molar-refractivity contribution in [3.8, 4) is 0 Å². The van der Waals surface area contributed by atoms with Crippen molar-refractivity contribution in [3.63, 3.8) is 0 Å². The van der Waals surface area contributed by atoms with Gasteiger partial charge in [0.1, 0.15) is 11.3 Å². The summed E-state index contributed by atoms with van der Waals surface area (Å²) in [5.41, 5.74) is 2.69. The van der Waals surface area contributed by atoms with Crippen molar-refractivity contribution in [1.82, 2.24) is 20.2 Å². The van der Waals surface area contributed by atoms with Crippen molar-refractivity contribution in [3.05, 3.63) is 48.8 Å². The van der Waals surface area contributed by atoms with Crippen molar-refractivity contribution in [2.45, 2.75) is 18.9 Å². The van der Waals surface area contributed by atoms with Crippen LogP contribution >= 0.6 is 0 Å². The van der Waals surface area contributed by atoms with E-state index in [4.69, 9.17) is 4.74 Å². The van der Waals surface area contributed by atoms with Crippen LogP contribution < -0.4 is 10.6 Å². The first-order chi connectivity index (χ1) is 13.4. The Hall–Kier alpha value is -3.19. The van der Waals surface area contributed by atoms with Crippen molar-refractivity contribution >= 4 is 39.1 Å². The lowest BCUT2D eigenvalue weighted by molar-refractivity contribution is 0.120. The lowest BCUT2D eigenvalue weighted by Gasteiger charge is -2.13. The molecule has 3 N–H and O–H groups in total. The van der Waals surface area contributed by atoms with Crippen LogP contribution in [0.5, 0.6) is 0 Å². The summed E-state index contributed by atoms with van der Waals surface area (Å²) in [6.45, 7) is 1.65. The first kappa shape index (κ1) is 16.0. The summed E-state index contributed by atoms with van der Waals surface area (Å²) in [5, 5.41) is 16.3. The molecule has 1 aromatic carbocycles. The molecule has 0 amide bonds. The summed E-state index contributed by atoms with van der Waals surface area (Å²) < 4.78 is 5.68. The maximum absolute atomic E-state index is 5.68. The van der Waals surface area contributed by atoms with E-state index in [9.17, 15) is 0 Å². The number of fused-ring (bicyclic) bond motifs is 2. The minimum Gasteiger partial charge on any atom is -0.376 e. The van der Waals surface area contributed by atoms with E-state index in [0.29, 0.717) is 0 Å². The van der Waals surface area contributed by atoms with Gasteiger partial charge in [-0.25, -0.2) is 4.98 Å². The first-order valence-electron chi connectivity index (χ1n) is 9.17. The molecule has 7 heteroatoms. The van der Waals surface area contributed by atoms with Gasteiger partial charge in [0.2, 0.25) is 0 Å². The molecule has 0 aliphatic carbocycles. The number of aromatic nitrogens is 4. The van der Waals surface area contributed by atoms with Gasteiger partial charge in [0.05, 0.1) is 11.6 Å². The summed E-state index contributed by atoms with van der Waals surface area (Å²) in [7, 11) is 0. The van der Waals surface area contributed by atoms with Crippen molar-refractivity contribution in [1.29, 1.82) is 0 Å². The number of nitrogens with one attached hydrogen (secondary N) is 3.